The molecule has 202 valence electrons. The summed E-state index contributed by atoms with van der Waals surface area (Å²) in [4.78, 5) is 28.5. The summed E-state index contributed by atoms with van der Waals surface area (Å²) < 4.78 is 48.5. The number of sulfone groups is 1. The lowest BCUT2D eigenvalue weighted by atomic mass is 9.99. The Kier molecular flexibility index (Phi) is 6.88. The molecule has 2 atom stereocenters. The molecule has 38 heavy (non-hydrogen) atoms. The van der Waals surface area contributed by atoms with Crippen LogP contribution in [-0.4, -0.2) is 64.7 Å². The van der Waals surface area contributed by atoms with Crippen LogP contribution in [0.5, 0.6) is 5.75 Å². The summed E-state index contributed by atoms with van der Waals surface area (Å²) in [7, 11) is -4.67. The number of fused-ring (bicyclic) bond motifs is 3. The van der Waals surface area contributed by atoms with Crippen molar-refractivity contribution in [1.82, 2.24) is 14.9 Å². The molecule has 0 amide bonds. The summed E-state index contributed by atoms with van der Waals surface area (Å²) >= 11 is 0. The molecule has 10 nitrogen and oxygen atoms in total. The Bertz CT molecular complexity index is 1680. The fourth-order valence-electron chi connectivity index (χ4n) is 4.74. The van der Waals surface area contributed by atoms with E-state index in [4.69, 9.17) is 9.26 Å². The number of ether oxygens (including phenoxy) is 1. The SMILES string of the molecule is Cc1cnc2[nH]c3c(OC(C(C)OP(=O)(O)O)N(C)C)ccc(-c4cccc(S(=O)(=O)C5CC5)c4)c3c2c1. The van der Waals surface area contributed by atoms with Crippen LogP contribution in [-0.2, 0) is 18.9 Å². The van der Waals surface area contributed by atoms with Gasteiger partial charge < -0.3 is 19.5 Å². The molecule has 0 saturated heterocycles. The van der Waals surface area contributed by atoms with E-state index in [-0.39, 0.29) is 5.25 Å². The number of hydrogen-bond acceptors (Lipinski definition) is 7. The minimum Gasteiger partial charge on any atom is -0.470 e. The molecule has 2 unspecified atom stereocenters. The summed E-state index contributed by atoms with van der Waals surface area (Å²) in [5, 5.41) is 1.33. The highest BCUT2D eigenvalue weighted by atomic mass is 32.2. The van der Waals surface area contributed by atoms with Crippen LogP contribution in [0.2, 0.25) is 0 Å². The molecule has 1 fully saturated rings. The fourth-order valence-corrected chi connectivity index (χ4v) is 6.97. The van der Waals surface area contributed by atoms with Crippen LogP contribution in [0.15, 0.2) is 53.6 Å². The maximum absolute atomic E-state index is 12.9. The summed E-state index contributed by atoms with van der Waals surface area (Å²) in [6, 6.07) is 12.6. The van der Waals surface area contributed by atoms with Gasteiger partial charge in [0.15, 0.2) is 16.1 Å². The Morgan fingerprint density at radius 3 is 2.55 bits per heavy atom. The third-order valence-corrected chi connectivity index (χ3v) is 9.47. The van der Waals surface area contributed by atoms with Crippen molar-refractivity contribution in [2.24, 2.45) is 0 Å². The van der Waals surface area contributed by atoms with E-state index in [0.29, 0.717) is 34.7 Å². The van der Waals surface area contributed by atoms with E-state index in [1.807, 2.05) is 25.1 Å². The van der Waals surface area contributed by atoms with Gasteiger partial charge in [0.25, 0.3) is 0 Å². The predicted octanol–water partition coefficient (Wildman–Crippen LogP) is 4.39. The maximum atomic E-state index is 12.9. The molecule has 0 radical (unpaired) electrons. The van der Waals surface area contributed by atoms with Crippen LogP contribution < -0.4 is 4.74 Å². The summed E-state index contributed by atoms with van der Waals surface area (Å²) in [5.74, 6) is 0.432. The number of H-pyrrole nitrogens is 1. The number of pyridine rings is 1. The Balaban J connectivity index is 1.66. The number of rotatable bonds is 9. The van der Waals surface area contributed by atoms with Crippen molar-refractivity contribution < 1.29 is 32.0 Å². The molecule has 2 aromatic heterocycles. The number of nitrogens with zero attached hydrogens (tertiary/aromatic N) is 2. The molecular weight excluding hydrogens is 529 g/mol. The van der Waals surface area contributed by atoms with Crippen molar-refractivity contribution in [2.45, 2.75) is 49.2 Å². The van der Waals surface area contributed by atoms with Gasteiger partial charge in [0.1, 0.15) is 17.5 Å². The van der Waals surface area contributed by atoms with E-state index in [2.05, 4.69) is 9.97 Å². The predicted molar refractivity (Wildman–Crippen MR) is 145 cm³/mol. The Hall–Kier alpha value is -2.79. The number of aryl methyl sites for hydroxylation is 1. The normalized spacial score (nSPS) is 16.3. The second-order valence-corrected chi connectivity index (χ2v) is 13.4. The highest BCUT2D eigenvalue weighted by Crippen LogP contribution is 2.42. The van der Waals surface area contributed by atoms with Crippen LogP contribution in [0.4, 0.5) is 0 Å². The molecule has 1 aliphatic carbocycles. The molecule has 0 aliphatic heterocycles. The Labute approximate surface area is 220 Å². The topological polar surface area (TPSA) is 142 Å². The first-order valence-electron chi connectivity index (χ1n) is 12.2. The lowest BCUT2D eigenvalue weighted by molar-refractivity contribution is -0.0326. The molecule has 5 rings (SSSR count). The highest BCUT2D eigenvalue weighted by molar-refractivity contribution is 7.92. The molecule has 1 saturated carbocycles. The van der Waals surface area contributed by atoms with E-state index < -0.39 is 30.0 Å². The van der Waals surface area contributed by atoms with E-state index in [1.54, 1.807) is 49.5 Å². The van der Waals surface area contributed by atoms with E-state index in [9.17, 15) is 22.8 Å². The Morgan fingerprint density at radius 1 is 1.16 bits per heavy atom. The van der Waals surface area contributed by atoms with Crippen molar-refractivity contribution in [3.05, 3.63) is 54.2 Å². The van der Waals surface area contributed by atoms with Crippen LogP contribution >= 0.6 is 7.82 Å². The van der Waals surface area contributed by atoms with Crippen molar-refractivity contribution in [1.29, 1.82) is 0 Å². The van der Waals surface area contributed by atoms with Gasteiger partial charge in [0.05, 0.1) is 15.7 Å². The first-order chi connectivity index (χ1) is 17.8. The number of phosphoric acid groups is 1. The number of likely N-dealkylation sites (N-methyl/N-ethyl adjacent to an activating group) is 1. The highest BCUT2D eigenvalue weighted by Gasteiger charge is 2.37. The van der Waals surface area contributed by atoms with E-state index in [1.165, 1.54) is 6.92 Å². The van der Waals surface area contributed by atoms with Gasteiger partial charge in [0, 0.05) is 17.0 Å². The van der Waals surface area contributed by atoms with Crippen molar-refractivity contribution in [3.63, 3.8) is 0 Å². The summed E-state index contributed by atoms with van der Waals surface area (Å²) in [6.45, 7) is 3.47. The van der Waals surface area contributed by atoms with Crippen LogP contribution in [0, 0.1) is 6.92 Å². The molecule has 1 aliphatic rings. The van der Waals surface area contributed by atoms with Crippen molar-refractivity contribution >= 4 is 39.6 Å². The fraction of sp³-hybridized carbons (Fsp3) is 0.346. The van der Waals surface area contributed by atoms with Crippen molar-refractivity contribution in [2.75, 3.05) is 14.1 Å². The quantitative estimate of drug-likeness (QED) is 0.201. The zero-order valence-electron chi connectivity index (χ0n) is 21.5. The lowest BCUT2D eigenvalue weighted by Gasteiger charge is -2.30. The maximum Gasteiger partial charge on any atom is 0.470 e. The van der Waals surface area contributed by atoms with Gasteiger partial charge in [-0.15, -0.1) is 0 Å². The van der Waals surface area contributed by atoms with Gasteiger partial charge in [-0.05, 0) is 87.8 Å². The molecule has 4 aromatic rings. The number of hydrogen-bond donors (Lipinski definition) is 3. The van der Waals surface area contributed by atoms with Crippen LogP contribution in [0.3, 0.4) is 0 Å². The molecule has 0 spiro atoms. The minimum absolute atomic E-state index is 0.302. The number of aromatic nitrogens is 2. The smallest absolute Gasteiger partial charge is 0.470 e. The van der Waals surface area contributed by atoms with Gasteiger partial charge in [-0.3, -0.25) is 9.42 Å². The monoisotopic (exact) mass is 559 g/mol. The third kappa shape index (κ3) is 5.22. The molecular formula is C26H30N3O7PS. The zero-order chi connectivity index (χ0) is 27.4. The minimum atomic E-state index is -4.74. The second kappa shape index (κ2) is 9.75. The number of benzene rings is 2. The molecule has 3 N–H and O–H groups in total. The number of aromatic amines is 1. The average molecular weight is 560 g/mol. The zero-order valence-corrected chi connectivity index (χ0v) is 23.2. The van der Waals surface area contributed by atoms with Gasteiger partial charge in [-0.1, -0.05) is 12.1 Å². The molecule has 2 heterocycles. The largest absolute Gasteiger partial charge is 0.470 e. The third-order valence-electron chi connectivity index (χ3n) is 6.60. The van der Waals surface area contributed by atoms with E-state index in [0.717, 1.165) is 27.5 Å². The summed E-state index contributed by atoms with van der Waals surface area (Å²) in [6.07, 6.45) is 1.33. The van der Waals surface area contributed by atoms with Crippen LogP contribution in [0.25, 0.3) is 33.1 Å². The number of phosphoric ester groups is 1. The standard InChI is InChI=1S/C26H30N3O7PS/c1-15-12-21-23-20(17-6-5-7-19(13-17)38(33,34)18-8-9-18)10-11-22(24(23)28-25(21)27-14-15)35-26(29(3)4)16(2)36-37(30,31)32/h5-7,10-14,16,18,26H,8-9H2,1-4H3,(H,27,28)(H2,30,31,32). The first kappa shape index (κ1) is 26.8. The average Bonchev–Trinajstić information content (AvgIpc) is 3.63. The second-order valence-electron chi connectivity index (χ2n) is 9.94. The van der Waals surface area contributed by atoms with Crippen LogP contribution in [0.1, 0.15) is 25.3 Å². The van der Waals surface area contributed by atoms with Gasteiger partial charge in [-0.25, -0.2) is 18.0 Å². The molecule has 12 heteroatoms. The van der Waals surface area contributed by atoms with Crippen molar-refractivity contribution in [3.8, 4) is 16.9 Å². The molecule has 2 aromatic carbocycles. The van der Waals surface area contributed by atoms with E-state index >= 15 is 0 Å². The molecule has 0 bridgehead atoms. The van der Waals surface area contributed by atoms with Gasteiger partial charge in [-0.2, -0.15) is 0 Å². The van der Waals surface area contributed by atoms with Gasteiger partial charge >= 0.3 is 7.82 Å². The Morgan fingerprint density at radius 2 is 1.89 bits per heavy atom. The lowest BCUT2D eigenvalue weighted by Crippen LogP contribution is -2.43. The summed E-state index contributed by atoms with van der Waals surface area (Å²) in [5.41, 5.74) is 3.76. The number of nitrogens with one attached hydrogen (secondary N) is 1. The van der Waals surface area contributed by atoms with Gasteiger partial charge in [0.2, 0.25) is 0 Å². The first-order valence-corrected chi connectivity index (χ1v) is 15.3.